The maximum absolute atomic E-state index is 11.9. The van der Waals surface area contributed by atoms with E-state index in [0.29, 0.717) is 5.75 Å². The third kappa shape index (κ3) is 4.32. The minimum atomic E-state index is -1.71. The zero-order valence-electron chi connectivity index (χ0n) is 13.8. The fourth-order valence-corrected chi connectivity index (χ4v) is 4.22. The largest absolute Gasteiger partial charge is 0.398 e. The number of thioether (sulfide) groups is 1. The van der Waals surface area contributed by atoms with Gasteiger partial charge in [0.1, 0.15) is 0 Å². The first-order valence-electron chi connectivity index (χ1n) is 7.61. The summed E-state index contributed by atoms with van der Waals surface area (Å²) in [6.07, 6.45) is 0. The van der Waals surface area contributed by atoms with Gasteiger partial charge < -0.3 is 9.63 Å². The second-order valence-electron chi connectivity index (χ2n) is 6.10. The Morgan fingerprint density at radius 3 is 2.71 bits per heavy atom. The van der Waals surface area contributed by atoms with E-state index in [1.165, 1.54) is 18.7 Å². The van der Waals surface area contributed by atoms with Crippen LogP contribution in [0.2, 0.25) is 0 Å². The number of benzene rings is 1. The van der Waals surface area contributed by atoms with Crippen molar-refractivity contribution >= 4 is 37.3 Å². The van der Waals surface area contributed by atoms with Gasteiger partial charge in [0.15, 0.2) is 5.60 Å². The zero-order valence-corrected chi connectivity index (χ0v) is 15.5. The van der Waals surface area contributed by atoms with Crippen LogP contribution in [0.3, 0.4) is 0 Å². The predicted octanol–water partition coefficient (Wildman–Crippen LogP) is 4.10. The topological polar surface area (TPSA) is 76.5 Å². The minimum absolute atomic E-state index is 0.0313. The normalized spacial score (nSPS) is 15.4. The highest BCUT2D eigenvalue weighted by atomic mass is 32.2. The van der Waals surface area contributed by atoms with Gasteiger partial charge in [0.25, 0.3) is 0 Å². The zero-order chi connectivity index (χ0) is 17.7. The second kappa shape index (κ2) is 8.06. The Hall–Kier alpha value is -1.49. The average Bonchev–Trinajstić information content (AvgIpc) is 2.54. The first kappa shape index (κ1) is 18.8. The van der Waals surface area contributed by atoms with Gasteiger partial charge in [0.2, 0.25) is 0 Å². The van der Waals surface area contributed by atoms with Crippen LogP contribution in [0.15, 0.2) is 41.4 Å². The van der Waals surface area contributed by atoms with Crippen molar-refractivity contribution in [2.45, 2.75) is 31.4 Å². The van der Waals surface area contributed by atoms with Crippen LogP contribution in [-0.4, -0.2) is 27.4 Å². The number of carbonyl (C=O) groups excluding carboxylic acids is 1. The molecular formula is C17H20NO4PS. The van der Waals surface area contributed by atoms with Gasteiger partial charge in [-0.25, -0.2) is 14.3 Å². The molecule has 1 aromatic heterocycles. The van der Waals surface area contributed by atoms with Crippen LogP contribution in [0.4, 0.5) is 0 Å². The minimum Gasteiger partial charge on any atom is -0.378 e. The number of hydrogen-bond donors (Lipinski definition) is 1. The highest BCUT2D eigenvalue weighted by molar-refractivity contribution is 7.99. The summed E-state index contributed by atoms with van der Waals surface area (Å²) < 4.78 is 14.9. The molecule has 0 bridgehead atoms. The number of carbonyl (C=O) groups is 1. The van der Waals surface area contributed by atoms with E-state index in [4.69, 9.17) is 0 Å². The Labute approximate surface area is 147 Å². The molecule has 0 aliphatic carbocycles. The lowest BCUT2D eigenvalue weighted by Gasteiger charge is -2.32. The van der Waals surface area contributed by atoms with Crippen molar-refractivity contribution in [3.8, 4) is 0 Å². The standard InChI is InChI=1S/C17H20NO4PS/c1-11(2)13(17(3,20)16(19)22-23-21)10-24-15-9-8-12-6-4-5-7-14(12)18-15/h4-9,11,13,20H,10H2,1-3H3. The second-order valence-corrected chi connectivity index (χ2v) is 7.48. The molecule has 1 heterocycles. The fourth-order valence-electron chi connectivity index (χ4n) is 2.58. The van der Waals surface area contributed by atoms with Crippen molar-refractivity contribution in [2.75, 3.05) is 5.75 Å². The van der Waals surface area contributed by atoms with E-state index >= 15 is 0 Å². The first-order chi connectivity index (χ1) is 11.4. The lowest BCUT2D eigenvalue weighted by molar-refractivity contribution is -0.159. The van der Waals surface area contributed by atoms with Gasteiger partial charge in [-0.1, -0.05) is 38.1 Å². The van der Waals surface area contributed by atoms with E-state index in [-0.39, 0.29) is 11.8 Å². The molecule has 128 valence electrons. The number of para-hydroxylation sites is 1. The number of nitrogens with zero attached hydrogens (tertiary/aromatic N) is 1. The first-order valence-corrected chi connectivity index (χ1v) is 9.33. The maximum atomic E-state index is 11.9. The summed E-state index contributed by atoms with van der Waals surface area (Å²) in [6, 6.07) is 11.8. The summed E-state index contributed by atoms with van der Waals surface area (Å²) in [4.78, 5) is 16.5. The van der Waals surface area contributed by atoms with Crippen LogP contribution in [0.5, 0.6) is 0 Å². The van der Waals surface area contributed by atoms with Crippen LogP contribution in [0.25, 0.3) is 10.9 Å². The molecule has 2 rings (SSSR count). The molecule has 1 aromatic carbocycles. The summed E-state index contributed by atoms with van der Waals surface area (Å²) in [7, 11) is -0.757. The lowest BCUT2D eigenvalue weighted by atomic mass is 9.82. The van der Waals surface area contributed by atoms with E-state index in [1.54, 1.807) is 0 Å². The Morgan fingerprint density at radius 2 is 2.04 bits per heavy atom. The van der Waals surface area contributed by atoms with Crippen LogP contribution < -0.4 is 0 Å². The fraction of sp³-hybridized carbons (Fsp3) is 0.412. The SMILES string of the molecule is CC(C)C(CSc1ccc2ccccc2n1)C(C)(O)C(=O)OP=O. The molecule has 5 nitrogen and oxygen atoms in total. The molecule has 2 atom stereocenters. The summed E-state index contributed by atoms with van der Waals surface area (Å²) in [6.45, 7) is 5.25. The number of hydrogen-bond acceptors (Lipinski definition) is 6. The van der Waals surface area contributed by atoms with Crippen LogP contribution in [0, 0.1) is 11.8 Å². The van der Waals surface area contributed by atoms with Gasteiger partial charge in [-0.2, -0.15) is 0 Å². The van der Waals surface area contributed by atoms with Gasteiger partial charge in [-0.05, 0) is 25.0 Å². The highest BCUT2D eigenvalue weighted by Gasteiger charge is 2.42. The monoisotopic (exact) mass is 365 g/mol. The molecular weight excluding hydrogens is 345 g/mol. The molecule has 2 unspecified atom stereocenters. The van der Waals surface area contributed by atoms with Gasteiger partial charge in [0, 0.05) is 17.1 Å². The molecule has 0 saturated carbocycles. The van der Waals surface area contributed by atoms with Crippen LogP contribution in [-0.2, 0) is 13.9 Å². The van der Waals surface area contributed by atoms with E-state index in [0.717, 1.165) is 15.9 Å². The van der Waals surface area contributed by atoms with Crippen molar-refractivity contribution in [3.05, 3.63) is 36.4 Å². The van der Waals surface area contributed by atoms with E-state index in [1.807, 2.05) is 50.2 Å². The molecule has 24 heavy (non-hydrogen) atoms. The van der Waals surface area contributed by atoms with Crippen molar-refractivity contribution in [1.82, 2.24) is 4.98 Å². The summed E-state index contributed by atoms with van der Waals surface area (Å²) >= 11 is 1.47. The molecule has 1 N–H and O–H groups in total. The Kier molecular flexibility index (Phi) is 6.33. The number of pyridine rings is 1. The van der Waals surface area contributed by atoms with E-state index in [9.17, 15) is 14.5 Å². The summed E-state index contributed by atoms with van der Waals surface area (Å²) in [5, 5.41) is 12.4. The number of fused-ring (bicyclic) bond motifs is 1. The van der Waals surface area contributed by atoms with Gasteiger partial charge in [-0.3, -0.25) is 0 Å². The van der Waals surface area contributed by atoms with E-state index in [2.05, 4.69) is 9.51 Å². The molecule has 2 aromatic rings. The van der Waals surface area contributed by atoms with Crippen LogP contribution >= 0.6 is 20.4 Å². The van der Waals surface area contributed by atoms with Crippen molar-refractivity contribution in [1.29, 1.82) is 0 Å². The molecule has 0 amide bonds. The number of aliphatic hydroxyl groups is 1. The van der Waals surface area contributed by atoms with Crippen molar-refractivity contribution in [2.24, 2.45) is 11.8 Å². The highest BCUT2D eigenvalue weighted by Crippen LogP contribution is 2.33. The third-order valence-corrected chi connectivity index (χ3v) is 5.33. The third-order valence-electron chi connectivity index (χ3n) is 4.04. The summed E-state index contributed by atoms with van der Waals surface area (Å²) in [5.41, 5.74) is -0.810. The number of aromatic nitrogens is 1. The molecule has 0 radical (unpaired) electrons. The van der Waals surface area contributed by atoms with Gasteiger partial charge >= 0.3 is 14.7 Å². The molecule has 0 aliphatic rings. The average molecular weight is 365 g/mol. The Morgan fingerprint density at radius 1 is 1.33 bits per heavy atom. The smallest absolute Gasteiger partial charge is 0.378 e. The van der Waals surface area contributed by atoms with E-state index < -0.39 is 20.3 Å². The molecule has 7 heteroatoms. The molecule has 0 aliphatic heterocycles. The molecule has 0 fully saturated rings. The van der Waals surface area contributed by atoms with Crippen molar-refractivity contribution in [3.63, 3.8) is 0 Å². The van der Waals surface area contributed by atoms with Crippen molar-refractivity contribution < 1.29 is 19.0 Å². The number of rotatable bonds is 7. The van der Waals surface area contributed by atoms with Gasteiger partial charge in [-0.15, -0.1) is 11.8 Å². The molecule has 0 spiro atoms. The maximum Gasteiger partial charge on any atom is 0.398 e. The predicted molar refractivity (Wildman–Crippen MR) is 95.1 cm³/mol. The van der Waals surface area contributed by atoms with Gasteiger partial charge in [0.05, 0.1) is 10.5 Å². The quantitative estimate of drug-likeness (QED) is 0.588. The molecule has 0 saturated heterocycles. The van der Waals surface area contributed by atoms with Crippen LogP contribution in [0.1, 0.15) is 20.8 Å². The Bertz CT molecular complexity index is 735. The summed E-state index contributed by atoms with van der Waals surface area (Å²) in [5.74, 6) is -0.736. The lowest BCUT2D eigenvalue weighted by Crippen LogP contribution is -2.46. The Balaban J connectivity index is 2.15.